The first-order valence-electron chi connectivity index (χ1n) is 5.02. The van der Waals surface area contributed by atoms with Crippen LogP contribution in [0.25, 0.3) is 0 Å². The molecular weight excluding hydrogens is 222 g/mol. The van der Waals surface area contributed by atoms with Crippen LogP contribution in [0.15, 0.2) is 36.9 Å². The molecule has 0 spiro atoms. The van der Waals surface area contributed by atoms with Gasteiger partial charge in [0.05, 0.1) is 0 Å². The summed E-state index contributed by atoms with van der Waals surface area (Å²) in [4.78, 5) is 15.5. The average Bonchev–Trinajstić information content (AvgIpc) is 2.99. The molecule has 1 N–H and O–H groups in total. The Bertz CT molecular complexity index is 551. The number of hydrogen-bond acceptors (Lipinski definition) is 4. The molecule has 86 valence electrons. The van der Waals surface area contributed by atoms with Gasteiger partial charge in [-0.15, -0.1) is 0 Å². The van der Waals surface area contributed by atoms with Crippen LogP contribution in [0.3, 0.4) is 0 Å². The Kier molecular flexibility index (Phi) is 2.18. The van der Waals surface area contributed by atoms with Crippen molar-refractivity contribution in [2.24, 2.45) is 0 Å². The number of nitrogens with zero attached hydrogens (tertiary/aromatic N) is 2. The number of carbonyl (C=O) groups excluding carboxylic acids is 1. The van der Waals surface area contributed by atoms with Crippen LogP contribution in [0.1, 0.15) is 0 Å². The zero-order chi connectivity index (χ0) is 11.7. The highest BCUT2D eigenvalue weighted by molar-refractivity contribution is 5.91. The zero-order valence-electron chi connectivity index (χ0n) is 8.79. The zero-order valence-corrected chi connectivity index (χ0v) is 8.79. The molecule has 0 aliphatic carbocycles. The standard InChI is InChI=1S/C11H9N3O3/c15-11(14-4-3-12-6-14)13-8-1-2-9-10(5-8)17-7-16-9/h1-6H,7H2,(H,13,15). The van der Waals surface area contributed by atoms with Gasteiger partial charge in [0, 0.05) is 24.1 Å². The summed E-state index contributed by atoms with van der Waals surface area (Å²) in [6.07, 6.45) is 4.55. The molecule has 1 aliphatic heterocycles. The number of imidazole rings is 1. The van der Waals surface area contributed by atoms with Gasteiger partial charge in [0.15, 0.2) is 11.5 Å². The van der Waals surface area contributed by atoms with Gasteiger partial charge in [0.1, 0.15) is 6.33 Å². The quantitative estimate of drug-likeness (QED) is 0.811. The van der Waals surface area contributed by atoms with E-state index in [1.165, 1.54) is 10.9 Å². The highest BCUT2D eigenvalue weighted by atomic mass is 16.7. The lowest BCUT2D eigenvalue weighted by molar-refractivity contribution is 0.174. The molecule has 3 rings (SSSR count). The third kappa shape index (κ3) is 1.80. The number of rotatable bonds is 1. The van der Waals surface area contributed by atoms with Crippen LogP contribution in [0, 0.1) is 0 Å². The fraction of sp³-hybridized carbons (Fsp3) is 0.0909. The van der Waals surface area contributed by atoms with Crippen molar-refractivity contribution in [2.45, 2.75) is 0 Å². The molecular formula is C11H9N3O3. The molecule has 2 heterocycles. The van der Waals surface area contributed by atoms with Crippen molar-refractivity contribution in [3.05, 3.63) is 36.9 Å². The van der Waals surface area contributed by atoms with Crippen LogP contribution >= 0.6 is 0 Å². The smallest absolute Gasteiger partial charge is 0.331 e. The van der Waals surface area contributed by atoms with Gasteiger partial charge in [-0.1, -0.05) is 0 Å². The molecule has 6 nitrogen and oxygen atoms in total. The highest BCUT2D eigenvalue weighted by Crippen LogP contribution is 2.34. The van der Waals surface area contributed by atoms with E-state index in [2.05, 4.69) is 10.3 Å². The number of hydrogen-bond donors (Lipinski definition) is 1. The van der Waals surface area contributed by atoms with E-state index in [-0.39, 0.29) is 12.8 Å². The van der Waals surface area contributed by atoms with Crippen molar-refractivity contribution in [3.8, 4) is 11.5 Å². The summed E-state index contributed by atoms with van der Waals surface area (Å²) in [5, 5.41) is 2.72. The van der Waals surface area contributed by atoms with Gasteiger partial charge in [-0.05, 0) is 12.1 Å². The Balaban J connectivity index is 1.80. The summed E-state index contributed by atoms with van der Waals surface area (Å²) in [5.41, 5.74) is 0.646. The molecule has 0 atom stereocenters. The summed E-state index contributed by atoms with van der Waals surface area (Å²) >= 11 is 0. The Labute approximate surface area is 96.8 Å². The summed E-state index contributed by atoms with van der Waals surface area (Å²) in [5.74, 6) is 1.32. The second kappa shape index (κ2) is 3.82. The maximum atomic E-state index is 11.7. The maximum Gasteiger partial charge on any atom is 0.331 e. The van der Waals surface area contributed by atoms with Crippen molar-refractivity contribution in [1.29, 1.82) is 0 Å². The van der Waals surface area contributed by atoms with Crippen molar-refractivity contribution < 1.29 is 14.3 Å². The van der Waals surface area contributed by atoms with Crippen LogP contribution in [0.2, 0.25) is 0 Å². The van der Waals surface area contributed by atoms with Gasteiger partial charge < -0.3 is 14.8 Å². The van der Waals surface area contributed by atoms with Gasteiger partial charge in [0.2, 0.25) is 6.79 Å². The maximum absolute atomic E-state index is 11.7. The molecule has 0 unspecified atom stereocenters. The minimum atomic E-state index is -0.277. The van der Waals surface area contributed by atoms with Crippen molar-refractivity contribution >= 4 is 11.7 Å². The topological polar surface area (TPSA) is 65.4 Å². The van der Waals surface area contributed by atoms with Crippen molar-refractivity contribution in [2.75, 3.05) is 12.1 Å². The van der Waals surface area contributed by atoms with Crippen LogP contribution in [0.5, 0.6) is 11.5 Å². The molecule has 1 amide bonds. The lowest BCUT2D eigenvalue weighted by atomic mass is 10.3. The number of carbonyl (C=O) groups is 1. The molecule has 0 fully saturated rings. The van der Waals surface area contributed by atoms with Gasteiger partial charge in [-0.3, -0.25) is 4.57 Å². The minimum absolute atomic E-state index is 0.217. The summed E-state index contributed by atoms with van der Waals surface area (Å²) in [6, 6.07) is 4.95. The molecule has 17 heavy (non-hydrogen) atoms. The predicted octanol–water partition coefficient (Wildman–Crippen LogP) is 1.69. The normalized spacial score (nSPS) is 12.5. The Hall–Kier alpha value is -2.50. The molecule has 6 heteroatoms. The van der Waals surface area contributed by atoms with Crippen LogP contribution in [0.4, 0.5) is 10.5 Å². The summed E-state index contributed by atoms with van der Waals surface area (Å²) in [7, 11) is 0. The Morgan fingerprint density at radius 1 is 1.35 bits per heavy atom. The molecule has 0 bridgehead atoms. The highest BCUT2D eigenvalue weighted by Gasteiger charge is 2.14. The number of fused-ring (bicyclic) bond motifs is 1. The fourth-order valence-corrected chi connectivity index (χ4v) is 1.54. The molecule has 1 aromatic carbocycles. The molecule has 0 radical (unpaired) electrons. The van der Waals surface area contributed by atoms with Gasteiger partial charge in [-0.25, -0.2) is 9.78 Å². The molecule has 1 aliphatic rings. The first kappa shape index (κ1) is 9.71. The molecule has 0 saturated heterocycles. The van der Waals surface area contributed by atoms with E-state index in [9.17, 15) is 4.79 Å². The van der Waals surface area contributed by atoms with E-state index >= 15 is 0 Å². The van der Waals surface area contributed by atoms with Gasteiger partial charge >= 0.3 is 6.03 Å². The Morgan fingerprint density at radius 2 is 2.24 bits per heavy atom. The van der Waals surface area contributed by atoms with E-state index in [4.69, 9.17) is 9.47 Å². The first-order chi connectivity index (χ1) is 8.33. The SMILES string of the molecule is O=C(Nc1ccc2c(c1)OCO2)n1ccnc1. The van der Waals surface area contributed by atoms with Gasteiger partial charge in [-0.2, -0.15) is 0 Å². The van der Waals surface area contributed by atoms with E-state index in [1.54, 1.807) is 30.6 Å². The molecule has 0 saturated carbocycles. The van der Waals surface area contributed by atoms with E-state index < -0.39 is 0 Å². The van der Waals surface area contributed by atoms with Gasteiger partial charge in [0.25, 0.3) is 0 Å². The van der Waals surface area contributed by atoms with Crippen LogP contribution in [-0.2, 0) is 0 Å². The number of aromatic nitrogens is 2. The number of anilines is 1. The monoisotopic (exact) mass is 231 g/mol. The largest absolute Gasteiger partial charge is 0.454 e. The minimum Gasteiger partial charge on any atom is -0.454 e. The average molecular weight is 231 g/mol. The predicted molar refractivity (Wildman–Crippen MR) is 59.2 cm³/mol. The number of nitrogens with one attached hydrogen (secondary N) is 1. The van der Waals surface area contributed by atoms with E-state index in [0.717, 1.165) is 0 Å². The number of ether oxygens (including phenoxy) is 2. The summed E-state index contributed by atoms with van der Waals surface area (Å²) < 4.78 is 11.8. The first-order valence-corrected chi connectivity index (χ1v) is 5.02. The third-order valence-electron chi connectivity index (χ3n) is 2.36. The lowest BCUT2D eigenvalue weighted by Crippen LogP contribution is -2.17. The third-order valence-corrected chi connectivity index (χ3v) is 2.36. The van der Waals surface area contributed by atoms with Crippen molar-refractivity contribution in [1.82, 2.24) is 9.55 Å². The van der Waals surface area contributed by atoms with E-state index in [0.29, 0.717) is 17.2 Å². The van der Waals surface area contributed by atoms with Crippen molar-refractivity contribution in [3.63, 3.8) is 0 Å². The molecule has 1 aromatic heterocycles. The fourth-order valence-electron chi connectivity index (χ4n) is 1.54. The number of amides is 1. The lowest BCUT2D eigenvalue weighted by Gasteiger charge is -2.05. The second-order valence-electron chi connectivity index (χ2n) is 3.47. The van der Waals surface area contributed by atoms with Crippen LogP contribution < -0.4 is 14.8 Å². The number of benzene rings is 1. The van der Waals surface area contributed by atoms with E-state index in [1.807, 2.05) is 0 Å². The second-order valence-corrected chi connectivity index (χ2v) is 3.47. The Morgan fingerprint density at radius 3 is 3.06 bits per heavy atom. The summed E-state index contributed by atoms with van der Waals surface area (Å²) in [6.45, 7) is 0.217. The molecule has 2 aromatic rings. The van der Waals surface area contributed by atoms with Crippen LogP contribution in [-0.4, -0.2) is 22.4 Å².